The molecule has 0 bridgehead atoms. The Kier molecular flexibility index (Phi) is 4.42. The molecule has 0 aliphatic rings. The molecule has 0 aromatic heterocycles. The Labute approximate surface area is 67.3 Å². The molecule has 2 heteroatoms. The lowest BCUT2D eigenvalue weighted by Crippen LogP contribution is -2.03. The van der Waals surface area contributed by atoms with Crippen LogP contribution in [-0.4, -0.2) is 11.6 Å². The van der Waals surface area contributed by atoms with Crippen LogP contribution < -0.4 is 0 Å². The molecule has 11 heavy (non-hydrogen) atoms. The van der Waals surface area contributed by atoms with E-state index >= 15 is 0 Å². The lowest BCUT2D eigenvalue weighted by molar-refractivity contribution is -0.121. The van der Waals surface area contributed by atoms with Gasteiger partial charge in [0.1, 0.15) is 5.78 Å². The molecule has 0 unspecified atom stereocenters. The Morgan fingerprint density at radius 1 is 1.27 bits per heavy atom. The summed E-state index contributed by atoms with van der Waals surface area (Å²) in [5.74, 6) is 0.0740. The summed E-state index contributed by atoms with van der Waals surface area (Å²) in [5, 5.41) is 0. The van der Waals surface area contributed by atoms with Crippen LogP contribution in [0.5, 0.6) is 0 Å². The second kappa shape index (κ2) is 4.83. The van der Waals surface area contributed by atoms with Crippen molar-refractivity contribution in [1.29, 1.82) is 0 Å². The van der Waals surface area contributed by atoms with Gasteiger partial charge in [-0.25, -0.2) is 0 Å². The maximum Gasteiger partial charge on any atom is 0.158 e. The summed E-state index contributed by atoms with van der Waals surface area (Å²) in [6.45, 7) is 6.96. The third kappa shape index (κ3) is 4.48. The third-order valence-electron chi connectivity index (χ3n) is 1.53. The monoisotopic (exact) mass is 154 g/mol. The minimum absolute atomic E-state index is 0.0164. The zero-order valence-electron chi connectivity index (χ0n) is 7.14. The predicted molar refractivity (Wildman–Crippen MR) is 44.4 cm³/mol. The molecule has 0 aromatic carbocycles. The van der Waals surface area contributed by atoms with Gasteiger partial charge >= 0.3 is 0 Å². The van der Waals surface area contributed by atoms with Crippen molar-refractivity contribution < 1.29 is 9.59 Å². The van der Waals surface area contributed by atoms with Crippen LogP contribution in [0.3, 0.4) is 0 Å². The first-order valence-corrected chi connectivity index (χ1v) is 3.78. The molecule has 0 saturated heterocycles. The van der Waals surface area contributed by atoms with Crippen molar-refractivity contribution in [1.82, 2.24) is 0 Å². The fourth-order valence-corrected chi connectivity index (χ4v) is 0.664. The van der Waals surface area contributed by atoms with Gasteiger partial charge < -0.3 is 4.79 Å². The number of allylic oxidation sites excluding steroid dienone is 1. The van der Waals surface area contributed by atoms with Crippen LogP contribution in [0.25, 0.3) is 0 Å². The first-order valence-electron chi connectivity index (χ1n) is 3.78. The lowest BCUT2D eigenvalue weighted by Gasteiger charge is -1.98. The van der Waals surface area contributed by atoms with E-state index in [0.29, 0.717) is 24.8 Å². The Bertz CT molecular complexity index is 180. The maximum atomic E-state index is 11.0. The van der Waals surface area contributed by atoms with Gasteiger partial charge in [0.25, 0.3) is 0 Å². The quantitative estimate of drug-likeness (QED) is 0.567. The van der Waals surface area contributed by atoms with Crippen LogP contribution in [0.4, 0.5) is 0 Å². The molecule has 0 atom stereocenters. The summed E-state index contributed by atoms with van der Waals surface area (Å²) in [6.07, 6.45) is 1.34. The molecule has 0 rings (SSSR count). The van der Waals surface area contributed by atoms with Crippen LogP contribution in [0.1, 0.15) is 33.1 Å². The number of ketones is 2. The third-order valence-corrected chi connectivity index (χ3v) is 1.53. The van der Waals surface area contributed by atoms with Crippen molar-refractivity contribution in [3.63, 3.8) is 0 Å². The highest BCUT2D eigenvalue weighted by Crippen LogP contribution is 2.03. The van der Waals surface area contributed by atoms with Crippen LogP contribution in [-0.2, 0) is 9.59 Å². The van der Waals surface area contributed by atoms with Gasteiger partial charge in [-0.1, -0.05) is 13.5 Å². The SMILES string of the molecule is C=C(CC)C(=O)CCC(C)=O. The largest absolute Gasteiger partial charge is 0.300 e. The second-order valence-electron chi connectivity index (χ2n) is 2.58. The molecule has 2 nitrogen and oxygen atoms in total. The number of Topliss-reactive ketones (excluding diaryl/α,β-unsaturated/α-hetero) is 2. The van der Waals surface area contributed by atoms with Gasteiger partial charge in [-0.15, -0.1) is 0 Å². The summed E-state index contributed by atoms with van der Waals surface area (Å²) in [5.41, 5.74) is 0.617. The van der Waals surface area contributed by atoms with Crippen LogP contribution in [0.2, 0.25) is 0 Å². The zero-order valence-corrected chi connectivity index (χ0v) is 7.14. The van der Waals surface area contributed by atoms with Gasteiger partial charge in [0.15, 0.2) is 5.78 Å². The molecule has 0 fully saturated rings. The molecule has 0 spiro atoms. The molecule has 0 aromatic rings. The highest BCUT2D eigenvalue weighted by molar-refractivity contribution is 5.96. The van der Waals surface area contributed by atoms with Crippen LogP contribution in [0, 0.1) is 0 Å². The number of rotatable bonds is 5. The predicted octanol–water partition coefficient (Wildman–Crippen LogP) is 1.89. The first kappa shape index (κ1) is 10.1. The van der Waals surface area contributed by atoms with Gasteiger partial charge in [-0.3, -0.25) is 4.79 Å². The fourth-order valence-electron chi connectivity index (χ4n) is 0.664. The molecule has 62 valence electrons. The Hall–Kier alpha value is -0.920. The summed E-state index contributed by atoms with van der Waals surface area (Å²) in [4.78, 5) is 21.5. The molecule has 0 aliphatic heterocycles. The van der Waals surface area contributed by atoms with E-state index in [1.165, 1.54) is 6.92 Å². The molecule has 0 heterocycles. The molecular weight excluding hydrogens is 140 g/mol. The van der Waals surface area contributed by atoms with E-state index in [0.717, 1.165) is 0 Å². The van der Waals surface area contributed by atoms with E-state index in [4.69, 9.17) is 0 Å². The summed E-state index contributed by atoms with van der Waals surface area (Å²) >= 11 is 0. The molecule has 0 N–H and O–H groups in total. The fraction of sp³-hybridized carbons (Fsp3) is 0.556. The second-order valence-corrected chi connectivity index (χ2v) is 2.58. The average Bonchev–Trinajstić information content (AvgIpc) is 1.98. The van der Waals surface area contributed by atoms with Gasteiger partial charge in [-0.05, 0) is 18.9 Å². The van der Waals surface area contributed by atoms with Crippen molar-refractivity contribution in [2.45, 2.75) is 33.1 Å². The topological polar surface area (TPSA) is 34.1 Å². The van der Waals surface area contributed by atoms with Crippen LogP contribution >= 0.6 is 0 Å². The van der Waals surface area contributed by atoms with Gasteiger partial charge in [0.2, 0.25) is 0 Å². The van der Waals surface area contributed by atoms with Crippen molar-refractivity contribution in [3.8, 4) is 0 Å². The zero-order chi connectivity index (χ0) is 8.85. The Morgan fingerprint density at radius 3 is 2.18 bits per heavy atom. The highest BCUT2D eigenvalue weighted by Gasteiger charge is 2.05. The van der Waals surface area contributed by atoms with Crippen molar-refractivity contribution in [2.75, 3.05) is 0 Å². The number of carbonyl (C=O) groups is 2. The summed E-state index contributed by atoms with van der Waals surface area (Å²) in [6, 6.07) is 0. The van der Waals surface area contributed by atoms with Gasteiger partial charge in [0, 0.05) is 12.8 Å². The summed E-state index contributed by atoms with van der Waals surface area (Å²) in [7, 11) is 0. The van der Waals surface area contributed by atoms with Gasteiger partial charge in [0.05, 0.1) is 0 Å². The van der Waals surface area contributed by atoms with Gasteiger partial charge in [-0.2, -0.15) is 0 Å². The van der Waals surface area contributed by atoms with Crippen molar-refractivity contribution >= 4 is 11.6 Å². The highest BCUT2D eigenvalue weighted by atomic mass is 16.1. The van der Waals surface area contributed by atoms with E-state index in [1.54, 1.807) is 0 Å². The van der Waals surface area contributed by atoms with E-state index < -0.39 is 0 Å². The smallest absolute Gasteiger partial charge is 0.158 e. The molecule has 0 aliphatic carbocycles. The average molecular weight is 154 g/mol. The molecule has 0 saturated carbocycles. The van der Waals surface area contributed by atoms with Crippen molar-refractivity contribution in [3.05, 3.63) is 12.2 Å². The maximum absolute atomic E-state index is 11.0. The summed E-state index contributed by atoms with van der Waals surface area (Å²) < 4.78 is 0. The standard InChI is InChI=1S/C9H14O2/c1-4-7(2)9(11)6-5-8(3)10/h2,4-6H2,1,3H3. The van der Waals surface area contributed by atoms with E-state index in [2.05, 4.69) is 6.58 Å². The molecule has 0 radical (unpaired) electrons. The van der Waals surface area contributed by atoms with E-state index in [9.17, 15) is 9.59 Å². The number of hydrogen-bond donors (Lipinski definition) is 0. The van der Waals surface area contributed by atoms with E-state index in [-0.39, 0.29) is 11.6 Å². The lowest BCUT2D eigenvalue weighted by atomic mass is 10.1. The first-order chi connectivity index (χ1) is 5.07. The van der Waals surface area contributed by atoms with Crippen molar-refractivity contribution in [2.24, 2.45) is 0 Å². The number of hydrogen-bond acceptors (Lipinski definition) is 2. The van der Waals surface area contributed by atoms with Crippen LogP contribution in [0.15, 0.2) is 12.2 Å². The molecule has 0 amide bonds. The van der Waals surface area contributed by atoms with E-state index in [1.807, 2.05) is 6.92 Å². The number of carbonyl (C=O) groups excluding carboxylic acids is 2. The molecular formula is C9H14O2. The Morgan fingerprint density at radius 2 is 1.82 bits per heavy atom. The Balaban J connectivity index is 3.70. The normalized spacial score (nSPS) is 9.27. The minimum atomic E-state index is 0.0164. The minimum Gasteiger partial charge on any atom is -0.300 e.